The minimum atomic E-state index is -0.574. The van der Waals surface area contributed by atoms with Crippen molar-refractivity contribution in [2.45, 2.75) is 12.8 Å². The molecule has 0 aliphatic heterocycles. The molecule has 0 unspecified atom stereocenters. The molecule has 0 spiro atoms. The minimum Gasteiger partial charge on any atom is -0.492 e. The number of halogens is 4. The van der Waals surface area contributed by atoms with Gasteiger partial charge >= 0.3 is 0 Å². The summed E-state index contributed by atoms with van der Waals surface area (Å²) in [5.41, 5.74) is 0.0982. The van der Waals surface area contributed by atoms with Gasteiger partial charge in [-0.2, -0.15) is 0 Å². The van der Waals surface area contributed by atoms with E-state index in [0.29, 0.717) is 28.8 Å². The third kappa shape index (κ3) is 5.57. The Balaban J connectivity index is 1.76. The number of ether oxygens (including phenoxy) is 1. The molecule has 0 bridgehead atoms. The van der Waals surface area contributed by atoms with E-state index in [0.717, 1.165) is 6.07 Å². The second-order valence-electron chi connectivity index (χ2n) is 4.70. The molecule has 0 heterocycles. The summed E-state index contributed by atoms with van der Waals surface area (Å²) in [7, 11) is 0. The van der Waals surface area contributed by atoms with Crippen molar-refractivity contribution in [1.82, 2.24) is 0 Å². The SMILES string of the molecule is O=C(CCCOc1ccc(Cl)cc1Cl)Nc1ccc(Cl)cc1F. The number of benzene rings is 2. The summed E-state index contributed by atoms with van der Waals surface area (Å²) in [5.74, 6) is -0.382. The van der Waals surface area contributed by atoms with Crippen molar-refractivity contribution in [3.8, 4) is 5.75 Å². The number of nitrogens with one attached hydrogen (secondary N) is 1. The third-order valence-electron chi connectivity index (χ3n) is 2.90. The molecule has 2 rings (SSSR count). The Labute approximate surface area is 148 Å². The van der Waals surface area contributed by atoms with Gasteiger partial charge in [0.2, 0.25) is 5.91 Å². The highest BCUT2D eigenvalue weighted by Gasteiger charge is 2.08. The predicted octanol–water partition coefficient (Wildman–Crippen LogP) is 5.58. The van der Waals surface area contributed by atoms with E-state index >= 15 is 0 Å². The van der Waals surface area contributed by atoms with Crippen LogP contribution in [0.4, 0.5) is 10.1 Å². The number of rotatable bonds is 6. The molecule has 0 aliphatic rings. The highest BCUT2D eigenvalue weighted by Crippen LogP contribution is 2.27. The van der Waals surface area contributed by atoms with Crippen LogP contribution in [0.25, 0.3) is 0 Å². The molecule has 1 N–H and O–H groups in total. The molecule has 0 saturated heterocycles. The summed E-state index contributed by atoms with van der Waals surface area (Å²) in [6.45, 7) is 0.303. The molecule has 2 aromatic carbocycles. The summed E-state index contributed by atoms with van der Waals surface area (Å²) in [4.78, 5) is 11.8. The van der Waals surface area contributed by atoms with Crippen LogP contribution in [0, 0.1) is 5.82 Å². The predicted molar refractivity (Wildman–Crippen MR) is 91.2 cm³/mol. The lowest BCUT2D eigenvalue weighted by atomic mass is 10.2. The quantitative estimate of drug-likeness (QED) is 0.668. The summed E-state index contributed by atoms with van der Waals surface area (Å²) in [6.07, 6.45) is 0.646. The van der Waals surface area contributed by atoms with Gasteiger partial charge < -0.3 is 10.1 Å². The fourth-order valence-corrected chi connectivity index (χ4v) is 2.43. The molecule has 0 saturated carbocycles. The van der Waals surface area contributed by atoms with E-state index in [9.17, 15) is 9.18 Å². The van der Waals surface area contributed by atoms with Crippen molar-refractivity contribution in [2.75, 3.05) is 11.9 Å². The first-order chi connectivity index (χ1) is 11.0. The number of anilines is 1. The number of hydrogen-bond donors (Lipinski definition) is 1. The van der Waals surface area contributed by atoms with Crippen LogP contribution in [0.5, 0.6) is 5.75 Å². The van der Waals surface area contributed by atoms with Gasteiger partial charge in [-0.25, -0.2) is 4.39 Å². The first-order valence-electron chi connectivity index (χ1n) is 6.78. The van der Waals surface area contributed by atoms with Crippen molar-refractivity contribution in [3.05, 3.63) is 57.3 Å². The van der Waals surface area contributed by atoms with Crippen LogP contribution in [0.15, 0.2) is 36.4 Å². The van der Waals surface area contributed by atoms with Gasteiger partial charge in [0.1, 0.15) is 11.6 Å². The maximum atomic E-state index is 13.5. The van der Waals surface area contributed by atoms with E-state index in [-0.39, 0.29) is 23.0 Å². The molecule has 3 nitrogen and oxygen atoms in total. The highest BCUT2D eigenvalue weighted by molar-refractivity contribution is 6.35. The zero-order valence-corrected chi connectivity index (χ0v) is 14.2. The van der Waals surface area contributed by atoms with E-state index in [1.54, 1.807) is 18.2 Å². The van der Waals surface area contributed by atoms with E-state index in [1.807, 2.05) is 0 Å². The van der Waals surface area contributed by atoms with Gasteiger partial charge in [-0.05, 0) is 42.8 Å². The van der Waals surface area contributed by atoms with Crippen LogP contribution < -0.4 is 10.1 Å². The van der Waals surface area contributed by atoms with Crippen LogP contribution in [0.1, 0.15) is 12.8 Å². The fraction of sp³-hybridized carbons (Fsp3) is 0.188. The van der Waals surface area contributed by atoms with Crippen LogP contribution in [0.2, 0.25) is 15.1 Å². The Bertz CT molecular complexity index is 710. The maximum absolute atomic E-state index is 13.5. The molecular formula is C16H13Cl3FNO2. The molecule has 2 aromatic rings. The Morgan fingerprint density at radius 1 is 1.09 bits per heavy atom. The second kappa shape index (κ2) is 8.39. The Morgan fingerprint density at radius 2 is 1.78 bits per heavy atom. The first kappa shape index (κ1) is 17.9. The maximum Gasteiger partial charge on any atom is 0.224 e. The molecule has 1 amide bonds. The van der Waals surface area contributed by atoms with Crippen molar-refractivity contribution in [3.63, 3.8) is 0 Å². The number of carbonyl (C=O) groups excluding carboxylic acids is 1. The van der Waals surface area contributed by atoms with Crippen LogP contribution in [-0.2, 0) is 4.79 Å². The van der Waals surface area contributed by atoms with Gasteiger partial charge in [-0.3, -0.25) is 4.79 Å². The molecular weight excluding hydrogens is 364 g/mol. The third-order valence-corrected chi connectivity index (χ3v) is 3.67. The van der Waals surface area contributed by atoms with Gasteiger partial charge in [-0.1, -0.05) is 34.8 Å². The first-order valence-corrected chi connectivity index (χ1v) is 7.92. The number of carbonyl (C=O) groups is 1. The van der Waals surface area contributed by atoms with Crippen LogP contribution in [-0.4, -0.2) is 12.5 Å². The summed E-state index contributed by atoms with van der Waals surface area (Å²) < 4.78 is 19.0. The van der Waals surface area contributed by atoms with E-state index < -0.39 is 5.82 Å². The van der Waals surface area contributed by atoms with E-state index in [2.05, 4.69) is 5.32 Å². The van der Waals surface area contributed by atoms with Gasteiger partial charge in [0.05, 0.1) is 17.3 Å². The Hall–Kier alpha value is -1.49. The normalized spacial score (nSPS) is 10.4. The summed E-state index contributed by atoms with van der Waals surface area (Å²) >= 11 is 17.4. The van der Waals surface area contributed by atoms with Gasteiger partial charge in [0, 0.05) is 16.5 Å². The Kier molecular flexibility index (Phi) is 6.51. The largest absolute Gasteiger partial charge is 0.492 e. The van der Waals surface area contributed by atoms with Crippen LogP contribution in [0.3, 0.4) is 0 Å². The molecule has 0 aromatic heterocycles. The highest BCUT2D eigenvalue weighted by atomic mass is 35.5. The Morgan fingerprint density at radius 3 is 2.48 bits per heavy atom. The average Bonchev–Trinajstić information content (AvgIpc) is 2.48. The molecule has 0 atom stereocenters. The van der Waals surface area contributed by atoms with Gasteiger partial charge in [0.15, 0.2) is 0 Å². The van der Waals surface area contributed by atoms with Crippen molar-refractivity contribution in [1.29, 1.82) is 0 Å². The lowest BCUT2D eigenvalue weighted by Crippen LogP contribution is -2.13. The van der Waals surface area contributed by atoms with Crippen molar-refractivity contribution < 1.29 is 13.9 Å². The number of hydrogen-bond acceptors (Lipinski definition) is 2. The van der Waals surface area contributed by atoms with Crippen molar-refractivity contribution >= 4 is 46.4 Å². The lowest BCUT2D eigenvalue weighted by Gasteiger charge is -2.09. The smallest absolute Gasteiger partial charge is 0.224 e. The summed E-state index contributed by atoms with van der Waals surface area (Å²) in [6, 6.07) is 8.97. The molecule has 0 fully saturated rings. The topological polar surface area (TPSA) is 38.3 Å². The zero-order valence-electron chi connectivity index (χ0n) is 11.9. The molecule has 7 heteroatoms. The van der Waals surface area contributed by atoms with Gasteiger partial charge in [0.25, 0.3) is 0 Å². The zero-order chi connectivity index (χ0) is 16.8. The van der Waals surface area contributed by atoms with Gasteiger partial charge in [-0.15, -0.1) is 0 Å². The standard InChI is InChI=1S/C16H13Cl3FNO2/c17-10-4-6-15(12(19)8-10)23-7-1-2-16(22)21-14-5-3-11(18)9-13(14)20/h3-6,8-9H,1-2,7H2,(H,21,22). The average molecular weight is 377 g/mol. The molecule has 122 valence electrons. The second-order valence-corrected chi connectivity index (χ2v) is 5.98. The fourth-order valence-electron chi connectivity index (χ4n) is 1.81. The lowest BCUT2D eigenvalue weighted by molar-refractivity contribution is -0.116. The molecule has 0 radical (unpaired) electrons. The minimum absolute atomic E-state index is 0.0982. The molecule has 0 aliphatic carbocycles. The van der Waals surface area contributed by atoms with Crippen molar-refractivity contribution in [2.24, 2.45) is 0 Å². The van der Waals surface area contributed by atoms with E-state index in [4.69, 9.17) is 39.5 Å². The number of amides is 1. The summed E-state index contributed by atoms with van der Waals surface area (Å²) in [5, 5.41) is 3.68. The van der Waals surface area contributed by atoms with Crippen LogP contribution >= 0.6 is 34.8 Å². The monoisotopic (exact) mass is 375 g/mol. The van der Waals surface area contributed by atoms with E-state index in [1.165, 1.54) is 12.1 Å². The molecule has 23 heavy (non-hydrogen) atoms.